The zero-order valence-corrected chi connectivity index (χ0v) is 20.1. The van der Waals surface area contributed by atoms with Gasteiger partial charge in [-0.05, 0) is 53.5 Å². The number of fused-ring (bicyclic) bond motifs is 1. The van der Waals surface area contributed by atoms with Crippen molar-refractivity contribution in [1.82, 2.24) is 30.2 Å². The molecular formula is C24H19ClF2N8O3. The van der Waals surface area contributed by atoms with Gasteiger partial charge < -0.3 is 10.0 Å². The third-order valence-electron chi connectivity index (χ3n) is 6.79. The number of hydroxylamine groups is 2. The summed E-state index contributed by atoms with van der Waals surface area (Å²) in [5, 5.41) is 30.5. The second kappa shape index (κ2) is 9.35. The maximum atomic E-state index is 15.3. The number of aliphatic imine (C=N–C) groups is 2. The first-order chi connectivity index (χ1) is 19.0. The number of aliphatic hydroxyl groups is 1. The minimum atomic E-state index is -3.16. The van der Waals surface area contributed by atoms with Gasteiger partial charge in [0.05, 0.1) is 38.0 Å². The molecule has 4 aliphatic heterocycles. The van der Waals surface area contributed by atoms with Crippen LogP contribution in [0.2, 0.25) is 5.02 Å². The van der Waals surface area contributed by atoms with Gasteiger partial charge in [-0.3, -0.25) is 10.0 Å². The van der Waals surface area contributed by atoms with Gasteiger partial charge in [-0.15, -0.1) is 5.10 Å². The summed E-state index contributed by atoms with van der Waals surface area (Å²) in [6.07, 6.45) is 7.45. The molecule has 0 spiro atoms. The zero-order chi connectivity index (χ0) is 28.3. The highest BCUT2D eigenvalue weighted by Crippen LogP contribution is 2.41. The van der Waals surface area contributed by atoms with Gasteiger partial charge in [-0.1, -0.05) is 11.6 Å². The van der Waals surface area contributed by atoms with Gasteiger partial charge in [0.2, 0.25) is 5.91 Å². The number of halogens is 3. The van der Waals surface area contributed by atoms with Gasteiger partial charge in [-0.2, -0.15) is 4.68 Å². The van der Waals surface area contributed by atoms with Crippen LogP contribution in [0.25, 0.3) is 11.3 Å². The maximum absolute atomic E-state index is 15.3. The van der Waals surface area contributed by atoms with Crippen molar-refractivity contribution in [1.29, 1.82) is 0 Å². The number of allylic oxidation sites excluding steroid dienone is 4. The zero-order valence-electron chi connectivity index (χ0n) is 21.3. The number of amides is 1. The predicted molar refractivity (Wildman–Crippen MR) is 131 cm³/mol. The van der Waals surface area contributed by atoms with Crippen LogP contribution in [0.5, 0.6) is 0 Å². The third-order valence-corrected chi connectivity index (χ3v) is 7.08. The van der Waals surface area contributed by atoms with Crippen LogP contribution in [0.4, 0.5) is 8.78 Å². The van der Waals surface area contributed by atoms with E-state index in [1.54, 1.807) is 11.0 Å². The van der Waals surface area contributed by atoms with Gasteiger partial charge in [0.15, 0.2) is 17.5 Å². The Kier molecular flexibility index (Phi) is 5.40. The Morgan fingerprint density at radius 3 is 2.87 bits per heavy atom. The lowest BCUT2D eigenvalue weighted by Gasteiger charge is -2.33. The first-order valence-electron chi connectivity index (χ1n) is 12.5. The molecule has 2 atom stereocenters. The molecule has 2 aromatic rings. The summed E-state index contributed by atoms with van der Waals surface area (Å²) in [6.45, 7) is -3.16. The summed E-state index contributed by atoms with van der Waals surface area (Å²) < 4.78 is 46.5. The SMILES string of the molecule is [2H]C([2H])(O)C1=C(F)/C(=C2\C=NC([C@@H]3CC[C@@H]4CC(c5c(-n6cnnn6)ccc(Cl)c5F)=CC(=O)N43)=N2)C=CN1O. The highest BCUT2D eigenvalue weighted by Gasteiger charge is 2.43. The van der Waals surface area contributed by atoms with E-state index in [9.17, 15) is 15.1 Å². The molecule has 2 N–H and O–H groups in total. The normalized spacial score (nSPS) is 26.1. The molecule has 0 aliphatic carbocycles. The number of carbonyl (C=O) groups is 1. The number of tetrazole rings is 1. The fourth-order valence-corrected chi connectivity index (χ4v) is 5.26. The molecule has 4 aliphatic rings. The van der Waals surface area contributed by atoms with Crippen LogP contribution in [0.1, 0.15) is 27.6 Å². The molecule has 11 nitrogen and oxygen atoms in total. The molecule has 1 aromatic carbocycles. The van der Waals surface area contributed by atoms with Crippen molar-refractivity contribution in [2.24, 2.45) is 9.98 Å². The number of nitrogens with zero attached hydrogens (tertiary/aromatic N) is 8. The molecule has 1 amide bonds. The summed E-state index contributed by atoms with van der Waals surface area (Å²) in [4.78, 5) is 23.7. The van der Waals surface area contributed by atoms with Gasteiger partial charge >= 0.3 is 0 Å². The summed E-state index contributed by atoms with van der Waals surface area (Å²) in [6, 6.07) is 2.12. The Labute approximate surface area is 221 Å². The fourth-order valence-electron chi connectivity index (χ4n) is 5.11. The van der Waals surface area contributed by atoms with Gasteiger partial charge in [0.1, 0.15) is 12.0 Å². The fraction of sp³-hybridized carbons (Fsp3) is 0.250. The van der Waals surface area contributed by atoms with E-state index in [1.807, 2.05) is 0 Å². The topological polar surface area (TPSA) is 132 Å². The first-order valence-corrected chi connectivity index (χ1v) is 11.8. The molecule has 5 heterocycles. The van der Waals surface area contributed by atoms with E-state index in [1.165, 1.54) is 35.4 Å². The Morgan fingerprint density at radius 1 is 1.26 bits per heavy atom. The molecule has 0 unspecified atom stereocenters. The molecule has 0 radical (unpaired) electrons. The van der Waals surface area contributed by atoms with Crippen molar-refractivity contribution in [2.75, 3.05) is 6.56 Å². The van der Waals surface area contributed by atoms with E-state index >= 15 is 8.78 Å². The average Bonchev–Trinajstić information content (AvgIpc) is 3.66. The predicted octanol–water partition coefficient (Wildman–Crippen LogP) is 2.73. The Balaban J connectivity index is 1.33. The van der Waals surface area contributed by atoms with E-state index in [0.717, 1.165) is 6.20 Å². The lowest BCUT2D eigenvalue weighted by atomic mass is 9.92. The second-order valence-electron chi connectivity index (χ2n) is 8.84. The highest BCUT2D eigenvalue weighted by molar-refractivity contribution is 6.31. The molecule has 1 saturated heterocycles. The van der Waals surface area contributed by atoms with E-state index in [-0.39, 0.29) is 44.7 Å². The molecule has 14 heteroatoms. The molecule has 38 heavy (non-hydrogen) atoms. The number of rotatable bonds is 4. The quantitative estimate of drug-likeness (QED) is 0.607. The minimum Gasteiger partial charge on any atom is -0.390 e. The number of carbonyl (C=O) groups excluding carboxylic acids is 1. The summed E-state index contributed by atoms with van der Waals surface area (Å²) in [7, 11) is 0. The third kappa shape index (κ3) is 3.86. The number of aromatic nitrogens is 4. The largest absolute Gasteiger partial charge is 0.390 e. The smallest absolute Gasteiger partial charge is 0.247 e. The van der Waals surface area contributed by atoms with E-state index in [4.69, 9.17) is 14.3 Å². The van der Waals surface area contributed by atoms with E-state index in [0.29, 0.717) is 30.5 Å². The van der Waals surface area contributed by atoms with Gasteiger partial charge in [0, 0.05) is 29.5 Å². The van der Waals surface area contributed by atoms with Crippen LogP contribution in [0.3, 0.4) is 0 Å². The van der Waals surface area contributed by atoms with Gasteiger partial charge in [-0.25, -0.2) is 23.8 Å². The maximum Gasteiger partial charge on any atom is 0.247 e. The number of amidine groups is 1. The van der Waals surface area contributed by atoms with Crippen LogP contribution < -0.4 is 0 Å². The molecule has 0 saturated carbocycles. The summed E-state index contributed by atoms with van der Waals surface area (Å²) in [5.74, 6) is -2.04. The van der Waals surface area contributed by atoms with Crippen molar-refractivity contribution in [3.05, 3.63) is 76.0 Å². The monoisotopic (exact) mass is 542 g/mol. The minimum absolute atomic E-state index is 0.0369. The molecular weight excluding hydrogens is 522 g/mol. The Hall–Kier alpha value is -4.07. The van der Waals surface area contributed by atoms with Gasteiger partial charge in [0.25, 0.3) is 0 Å². The van der Waals surface area contributed by atoms with Crippen molar-refractivity contribution in [3.8, 4) is 5.69 Å². The molecule has 6 rings (SSSR count). The van der Waals surface area contributed by atoms with Crippen molar-refractivity contribution < 1.29 is 26.6 Å². The highest BCUT2D eigenvalue weighted by atomic mass is 35.5. The molecule has 1 aromatic heterocycles. The Bertz CT molecular complexity index is 1610. The number of hydrogen-bond donors (Lipinski definition) is 2. The van der Waals surface area contributed by atoms with Crippen molar-refractivity contribution in [2.45, 2.75) is 31.3 Å². The standard InChI is InChI=1S/C24H19ClF2N8O3/c25-15-2-4-17(33-11-29-31-32-33)21(23(15)27)12-7-13-1-3-18(35(13)20(37)8-12)24-28-9-16(30-24)14-5-6-34(38)19(10-36)22(14)26/h2,4-6,8-9,11,13,18,36,38H,1,3,7,10H2/b16-14+/t13-,18+/m1/s1/i10D2. The molecule has 0 bridgehead atoms. The summed E-state index contributed by atoms with van der Waals surface area (Å²) in [5.41, 5.74) is -0.244. The summed E-state index contributed by atoms with van der Waals surface area (Å²) >= 11 is 6.07. The second-order valence-corrected chi connectivity index (χ2v) is 9.25. The lowest BCUT2D eigenvalue weighted by Crippen LogP contribution is -2.45. The van der Waals surface area contributed by atoms with Crippen LogP contribution >= 0.6 is 11.6 Å². The number of benzene rings is 1. The van der Waals surface area contributed by atoms with E-state index < -0.39 is 29.9 Å². The van der Waals surface area contributed by atoms with Crippen LogP contribution in [-0.2, 0) is 4.79 Å². The molecule has 1 fully saturated rings. The van der Waals surface area contributed by atoms with Crippen molar-refractivity contribution in [3.63, 3.8) is 0 Å². The lowest BCUT2D eigenvalue weighted by molar-refractivity contribution is -0.128. The van der Waals surface area contributed by atoms with Crippen LogP contribution in [0, 0.1) is 5.82 Å². The van der Waals surface area contributed by atoms with Crippen LogP contribution in [-0.4, -0.2) is 77.1 Å². The average molecular weight is 543 g/mol. The number of hydrogen-bond acceptors (Lipinski definition) is 9. The first kappa shape index (κ1) is 22.0. The van der Waals surface area contributed by atoms with Crippen LogP contribution in [0.15, 0.2) is 69.6 Å². The Morgan fingerprint density at radius 2 is 2.11 bits per heavy atom. The van der Waals surface area contributed by atoms with Crippen molar-refractivity contribution >= 4 is 35.1 Å². The molecule has 194 valence electrons. The van der Waals surface area contributed by atoms with E-state index in [2.05, 4.69) is 25.5 Å².